The molecule has 0 saturated heterocycles. The average molecular weight is 223 g/mol. The van der Waals surface area contributed by atoms with Crippen LogP contribution in [0.2, 0.25) is 0 Å². The molecule has 2 nitrogen and oxygen atoms in total. The molecule has 0 aromatic rings. The topological polar surface area (TPSA) is 15.6 Å². The third-order valence-corrected chi connectivity index (χ3v) is 1.64. The fraction of sp³-hybridized carbons (Fsp3) is 0.667. The zero-order valence-electron chi connectivity index (χ0n) is 4.74. The van der Waals surface area contributed by atoms with Crippen LogP contribution in [0, 0.1) is 0 Å². The second kappa shape index (κ2) is 7.16. The molecule has 0 radical (unpaired) electrons. The molecule has 0 aromatic carbocycles. The van der Waals surface area contributed by atoms with E-state index in [0.29, 0.717) is 0 Å². The van der Waals surface area contributed by atoms with E-state index in [1.54, 1.807) is 0 Å². The average Bonchev–Trinajstić information content (AvgIpc) is 1.61. The van der Waals surface area contributed by atoms with E-state index in [-0.39, 0.29) is 37.2 Å². The molecule has 0 N–H and O–H groups in total. The van der Waals surface area contributed by atoms with E-state index in [0.717, 1.165) is 10.8 Å². The van der Waals surface area contributed by atoms with Gasteiger partial charge in [0.05, 0.1) is 0 Å². The normalized spacial score (nSPS) is 13.2. The Morgan fingerprint density at radius 2 is 1.78 bits per heavy atom. The molecule has 0 bridgehead atoms. The number of hydrogen-bond donors (Lipinski definition) is 0. The zero-order chi connectivity index (χ0) is 4.57. The minimum Gasteiger partial charge on any atom is -1.00 e. The minimum atomic E-state index is 0. The standard InChI is InChI=1S/C3H5N2.3ClH.Ti/c1-5-2-4-3-5;;;;/h2H2,1H3;3*1H;/q;;;;+3/p-3. The Kier molecular flexibility index (Phi) is 13.2. The van der Waals surface area contributed by atoms with Gasteiger partial charge in [-0.05, 0) is 0 Å². The number of rotatable bonds is 0. The van der Waals surface area contributed by atoms with E-state index in [9.17, 15) is 0 Å². The predicted molar refractivity (Wildman–Crippen MR) is 20.1 cm³/mol. The van der Waals surface area contributed by atoms with Crippen molar-refractivity contribution < 1.29 is 57.7 Å². The van der Waals surface area contributed by atoms with Crippen molar-refractivity contribution in [1.29, 1.82) is 0 Å². The molecule has 0 amide bonds. The monoisotopic (exact) mass is 222 g/mol. The van der Waals surface area contributed by atoms with Gasteiger partial charge in [0, 0.05) is 0 Å². The van der Waals surface area contributed by atoms with Crippen LogP contribution in [0.3, 0.4) is 0 Å². The fourth-order valence-electron chi connectivity index (χ4n) is 0.283. The molecule has 0 aliphatic carbocycles. The van der Waals surface area contributed by atoms with Crippen LogP contribution in [0.4, 0.5) is 0 Å². The molecule has 1 aliphatic heterocycles. The first-order valence-electron chi connectivity index (χ1n) is 1.78. The van der Waals surface area contributed by atoms with Gasteiger partial charge in [0.2, 0.25) is 0 Å². The summed E-state index contributed by atoms with van der Waals surface area (Å²) >= 11 is 2.00. The summed E-state index contributed by atoms with van der Waals surface area (Å²) in [6.07, 6.45) is 0. The van der Waals surface area contributed by atoms with E-state index < -0.39 is 0 Å². The quantitative estimate of drug-likeness (QED) is 0.372. The van der Waals surface area contributed by atoms with Crippen molar-refractivity contribution in [2.24, 2.45) is 4.99 Å². The Labute approximate surface area is 85.1 Å². The van der Waals surface area contributed by atoms with Gasteiger partial charge in [-0.1, -0.05) is 0 Å². The Morgan fingerprint density at radius 1 is 1.44 bits per heavy atom. The summed E-state index contributed by atoms with van der Waals surface area (Å²) in [5, 5.41) is 0. The third-order valence-electron chi connectivity index (χ3n) is 0.794. The Morgan fingerprint density at radius 3 is 1.78 bits per heavy atom. The first-order chi connectivity index (χ1) is 2.80. The molecular formula is C3H5Cl3N2Ti. The van der Waals surface area contributed by atoms with Crippen LogP contribution < -0.4 is 37.2 Å². The first-order valence-corrected chi connectivity index (χ1v) is 2.56. The molecule has 1 heterocycles. The van der Waals surface area contributed by atoms with Crippen molar-refractivity contribution in [2.75, 3.05) is 13.7 Å². The Hall–Kier alpha value is 1.05. The maximum Gasteiger partial charge on any atom is -1.00 e. The molecule has 0 aromatic heterocycles. The van der Waals surface area contributed by atoms with Gasteiger partial charge >= 0.3 is 48.2 Å². The number of amidine groups is 1. The van der Waals surface area contributed by atoms with Crippen molar-refractivity contribution in [3.8, 4) is 0 Å². The first kappa shape index (κ1) is 16.6. The van der Waals surface area contributed by atoms with Crippen LogP contribution in [-0.4, -0.2) is 22.8 Å². The van der Waals surface area contributed by atoms with Crippen molar-refractivity contribution >= 4 is 4.14 Å². The summed E-state index contributed by atoms with van der Waals surface area (Å²) in [6, 6.07) is 0. The summed E-state index contributed by atoms with van der Waals surface area (Å²) in [4.78, 5) is 6.09. The van der Waals surface area contributed by atoms with E-state index in [1.165, 1.54) is 0 Å². The molecule has 0 spiro atoms. The Balaban J connectivity index is -0.000000120. The molecule has 0 fully saturated rings. The van der Waals surface area contributed by atoms with Gasteiger partial charge in [0.25, 0.3) is 0 Å². The Bertz CT molecular complexity index is 97.1. The van der Waals surface area contributed by atoms with Crippen molar-refractivity contribution in [3.63, 3.8) is 0 Å². The van der Waals surface area contributed by atoms with E-state index >= 15 is 0 Å². The van der Waals surface area contributed by atoms with Crippen LogP contribution in [0.15, 0.2) is 4.99 Å². The number of aliphatic imine (C=N–C) groups is 1. The maximum absolute atomic E-state index is 3.99. The summed E-state index contributed by atoms with van der Waals surface area (Å²) in [5.41, 5.74) is 0. The van der Waals surface area contributed by atoms with Gasteiger partial charge in [-0.15, -0.1) is 0 Å². The zero-order valence-corrected chi connectivity index (χ0v) is 8.56. The van der Waals surface area contributed by atoms with E-state index in [2.05, 4.69) is 9.89 Å². The summed E-state index contributed by atoms with van der Waals surface area (Å²) < 4.78 is 1.15. The largest absolute Gasteiger partial charge is 1.00 e. The molecular weight excluding hydrogens is 218 g/mol. The van der Waals surface area contributed by atoms with E-state index in [4.69, 9.17) is 0 Å². The van der Waals surface area contributed by atoms with Gasteiger partial charge in [0.1, 0.15) is 0 Å². The smallest absolute Gasteiger partial charge is 1.00 e. The fourth-order valence-corrected chi connectivity index (χ4v) is 0.504. The predicted octanol–water partition coefficient (Wildman–Crippen LogP) is -9.20. The number of hydrogen-bond acceptors (Lipinski definition) is 2. The van der Waals surface area contributed by atoms with Crippen molar-refractivity contribution in [3.05, 3.63) is 0 Å². The molecule has 6 heteroatoms. The number of halogens is 3. The summed E-state index contributed by atoms with van der Waals surface area (Å²) in [7, 11) is 2.03. The van der Waals surface area contributed by atoms with Crippen LogP contribution in [0.25, 0.3) is 0 Å². The maximum atomic E-state index is 3.99. The van der Waals surface area contributed by atoms with Gasteiger partial charge in [-0.3, -0.25) is 0 Å². The molecule has 52 valence electrons. The molecule has 0 atom stereocenters. The molecule has 1 aliphatic rings. The molecule has 1 rings (SSSR count). The van der Waals surface area contributed by atoms with Gasteiger partial charge < -0.3 is 37.2 Å². The van der Waals surface area contributed by atoms with Gasteiger partial charge in [0.15, 0.2) is 0 Å². The van der Waals surface area contributed by atoms with E-state index in [1.807, 2.05) is 27.5 Å². The SMILES string of the molecule is CN1CN=[C]1[Ti+3].[Cl-].[Cl-].[Cl-]. The second-order valence-corrected chi connectivity index (χ2v) is 2.02. The van der Waals surface area contributed by atoms with Crippen molar-refractivity contribution in [2.45, 2.75) is 0 Å². The van der Waals surface area contributed by atoms with Crippen LogP contribution in [-0.2, 0) is 20.4 Å². The molecule has 9 heavy (non-hydrogen) atoms. The third kappa shape index (κ3) is 4.46. The van der Waals surface area contributed by atoms with Crippen molar-refractivity contribution in [1.82, 2.24) is 4.90 Å². The van der Waals surface area contributed by atoms with Crippen LogP contribution >= 0.6 is 0 Å². The second-order valence-electron chi connectivity index (χ2n) is 1.32. The van der Waals surface area contributed by atoms with Gasteiger partial charge in [-0.25, -0.2) is 0 Å². The summed E-state index contributed by atoms with van der Waals surface area (Å²) in [5.74, 6) is 0. The van der Waals surface area contributed by atoms with Crippen LogP contribution in [0.5, 0.6) is 0 Å². The molecule has 0 saturated carbocycles. The number of nitrogens with zero attached hydrogens (tertiary/aromatic N) is 2. The van der Waals surface area contributed by atoms with Gasteiger partial charge in [-0.2, -0.15) is 0 Å². The molecule has 0 unspecified atom stereocenters. The van der Waals surface area contributed by atoms with Crippen LogP contribution in [0.1, 0.15) is 0 Å². The minimum absolute atomic E-state index is 0. The summed E-state index contributed by atoms with van der Waals surface area (Å²) in [6.45, 7) is 0.895.